The molecule has 0 heterocycles. The van der Waals surface area contributed by atoms with Gasteiger partial charge in [0.2, 0.25) is 0 Å². The van der Waals surface area contributed by atoms with Gasteiger partial charge in [0.1, 0.15) is 11.6 Å². The molecule has 100 valence electrons. The largest absolute Gasteiger partial charge is 0.310 e. The molecule has 0 radical (unpaired) electrons. The van der Waals surface area contributed by atoms with Gasteiger partial charge in [0.05, 0.1) is 0 Å². The van der Waals surface area contributed by atoms with E-state index in [1.54, 1.807) is 0 Å². The van der Waals surface area contributed by atoms with E-state index < -0.39 is 0 Å². The van der Waals surface area contributed by atoms with Gasteiger partial charge >= 0.3 is 0 Å². The Hall–Kier alpha value is -0.960. The van der Waals surface area contributed by atoms with Crippen molar-refractivity contribution in [3.05, 3.63) is 35.4 Å². The highest BCUT2D eigenvalue weighted by Crippen LogP contribution is 2.47. The predicted molar refractivity (Wildman–Crippen MR) is 69.4 cm³/mol. The Morgan fingerprint density at radius 2 is 1.94 bits per heavy atom. The fraction of sp³-hybridized carbons (Fsp3) is 0.600. The number of hydrogen-bond donors (Lipinski definition) is 1. The Balaban J connectivity index is 2.37. The van der Waals surface area contributed by atoms with Gasteiger partial charge in [-0.25, -0.2) is 8.78 Å². The first-order chi connectivity index (χ1) is 8.57. The highest BCUT2D eigenvalue weighted by Gasteiger charge is 2.38. The van der Waals surface area contributed by atoms with Crippen LogP contribution in [0.5, 0.6) is 0 Å². The standard InChI is InChI=1S/C15H21F2N/c1-3-18-14(15(2)8-4-5-9-15)12-10-11(16)6-7-13(12)17/h6-7,10,14,18H,3-5,8-9H2,1-2H3. The molecule has 18 heavy (non-hydrogen) atoms. The summed E-state index contributed by atoms with van der Waals surface area (Å²) in [5.41, 5.74) is 0.506. The minimum atomic E-state index is -0.365. The summed E-state index contributed by atoms with van der Waals surface area (Å²) in [5, 5.41) is 3.34. The third kappa shape index (κ3) is 2.56. The highest BCUT2D eigenvalue weighted by molar-refractivity contribution is 5.25. The van der Waals surface area contributed by atoms with Gasteiger partial charge in [0, 0.05) is 11.6 Å². The van der Waals surface area contributed by atoms with Crippen LogP contribution in [0.3, 0.4) is 0 Å². The molecule has 0 bridgehead atoms. The third-order valence-corrected chi connectivity index (χ3v) is 4.12. The monoisotopic (exact) mass is 253 g/mol. The molecule has 1 aromatic carbocycles. The number of hydrogen-bond acceptors (Lipinski definition) is 1. The topological polar surface area (TPSA) is 12.0 Å². The number of rotatable bonds is 4. The summed E-state index contributed by atoms with van der Waals surface area (Å²) in [6.07, 6.45) is 4.49. The quantitative estimate of drug-likeness (QED) is 0.848. The lowest BCUT2D eigenvalue weighted by molar-refractivity contribution is 0.221. The fourth-order valence-electron chi connectivity index (χ4n) is 3.14. The fourth-order valence-corrected chi connectivity index (χ4v) is 3.14. The molecule has 0 amide bonds. The summed E-state index contributed by atoms with van der Waals surface area (Å²) < 4.78 is 27.3. The van der Waals surface area contributed by atoms with Crippen LogP contribution in [0.2, 0.25) is 0 Å². The van der Waals surface area contributed by atoms with Crippen molar-refractivity contribution >= 4 is 0 Å². The first kappa shape index (κ1) is 13.5. The van der Waals surface area contributed by atoms with Crippen LogP contribution in [0.25, 0.3) is 0 Å². The molecule has 1 unspecified atom stereocenters. The molecular formula is C15H21F2N. The summed E-state index contributed by atoms with van der Waals surface area (Å²) in [5.74, 6) is -0.675. The Morgan fingerprint density at radius 3 is 2.56 bits per heavy atom. The average Bonchev–Trinajstić information content (AvgIpc) is 2.77. The summed E-state index contributed by atoms with van der Waals surface area (Å²) >= 11 is 0. The smallest absolute Gasteiger partial charge is 0.128 e. The van der Waals surface area contributed by atoms with E-state index in [1.807, 2.05) is 6.92 Å². The summed E-state index contributed by atoms with van der Waals surface area (Å²) in [4.78, 5) is 0. The number of halogens is 2. The van der Waals surface area contributed by atoms with Crippen LogP contribution in [-0.4, -0.2) is 6.54 Å². The van der Waals surface area contributed by atoms with Crippen LogP contribution in [0.15, 0.2) is 18.2 Å². The second kappa shape index (κ2) is 5.35. The van der Waals surface area contributed by atoms with Gasteiger partial charge < -0.3 is 5.32 Å². The van der Waals surface area contributed by atoms with Gasteiger partial charge in [-0.1, -0.05) is 26.7 Å². The van der Waals surface area contributed by atoms with Crippen molar-refractivity contribution in [2.75, 3.05) is 6.54 Å². The van der Waals surface area contributed by atoms with E-state index in [0.717, 1.165) is 19.4 Å². The molecule has 0 spiro atoms. The average molecular weight is 253 g/mol. The van der Waals surface area contributed by atoms with Crippen molar-refractivity contribution in [1.29, 1.82) is 0 Å². The van der Waals surface area contributed by atoms with Crippen molar-refractivity contribution < 1.29 is 8.78 Å². The maximum Gasteiger partial charge on any atom is 0.128 e. The highest BCUT2D eigenvalue weighted by atomic mass is 19.1. The SMILES string of the molecule is CCNC(c1cc(F)ccc1F)C1(C)CCCC1. The summed E-state index contributed by atoms with van der Waals surface area (Å²) in [6, 6.07) is 3.65. The van der Waals surface area contributed by atoms with Gasteiger partial charge in [0.15, 0.2) is 0 Å². The summed E-state index contributed by atoms with van der Waals surface area (Å²) in [6.45, 7) is 4.94. The van der Waals surface area contributed by atoms with Crippen molar-refractivity contribution in [1.82, 2.24) is 5.32 Å². The minimum Gasteiger partial charge on any atom is -0.310 e. The Labute approximate surface area is 108 Å². The van der Waals surface area contributed by atoms with Gasteiger partial charge in [-0.3, -0.25) is 0 Å². The predicted octanol–water partition coefficient (Wildman–Crippen LogP) is 4.20. The second-order valence-corrected chi connectivity index (χ2v) is 5.52. The zero-order valence-corrected chi connectivity index (χ0v) is 11.1. The Morgan fingerprint density at radius 1 is 1.28 bits per heavy atom. The molecule has 1 aromatic rings. The molecule has 1 nitrogen and oxygen atoms in total. The zero-order valence-electron chi connectivity index (χ0n) is 11.1. The lowest BCUT2D eigenvalue weighted by Gasteiger charge is -2.35. The molecule has 1 N–H and O–H groups in total. The van der Waals surface area contributed by atoms with E-state index in [1.165, 1.54) is 31.0 Å². The molecule has 0 aromatic heterocycles. The maximum atomic E-state index is 14.0. The first-order valence-electron chi connectivity index (χ1n) is 6.75. The maximum absolute atomic E-state index is 14.0. The lowest BCUT2D eigenvalue weighted by atomic mass is 9.77. The van der Waals surface area contributed by atoms with Crippen LogP contribution in [-0.2, 0) is 0 Å². The molecule has 0 aliphatic heterocycles. The van der Waals surface area contributed by atoms with Crippen molar-refractivity contribution in [3.8, 4) is 0 Å². The van der Waals surface area contributed by atoms with E-state index in [0.29, 0.717) is 5.56 Å². The second-order valence-electron chi connectivity index (χ2n) is 5.52. The molecular weight excluding hydrogens is 232 g/mol. The molecule has 1 saturated carbocycles. The van der Waals surface area contributed by atoms with E-state index in [9.17, 15) is 8.78 Å². The van der Waals surface area contributed by atoms with Gasteiger partial charge in [-0.15, -0.1) is 0 Å². The van der Waals surface area contributed by atoms with E-state index >= 15 is 0 Å². The first-order valence-corrected chi connectivity index (χ1v) is 6.75. The molecule has 3 heteroatoms. The molecule has 1 atom stereocenters. The van der Waals surface area contributed by atoms with Crippen LogP contribution >= 0.6 is 0 Å². The number of benzene rings is 1. The Bertz CT molecular complexity index is 411. The van der Waals surface area contributed by atoms with Crippen LogP contribution in [0.1, 0.15) is 51.1 Å². The van der Waals surface area contributed by atoms with Crippen molar-refractivity contribution in [3.63, 3.8) is 0 Å². The van der Waals surface area contributed by atoms with Gasteiger partial charge in [-0.05, 0) is 43.0 Å². The lowest BCUT2D eigenvalue weighted by Crippen LogP contribution is -2.35. The molecule has 2 rings (SSSR count). The zero-order chi connectivity index (χ0) is 13.2. The van der Waals surface area contributed by atoms with Gasteiger partial charge in [0.25, 0.3) is 0 Å². The van der Waals surface area contributed by atoms with Crippen molar-refractivity contribution in [2.24, 2.45) is 5.41 Å². The van der Waals surface area contributed by atoms with Crippen LogP contribution in [0.4, 0.5) is 8.78 Å². The Kier molecular flexibility index (Phi) is 4.00. The number of nitrogens with one attached hydrogen (secondary N) is 1. The van der Waals surface area contributed by atoms with E-state index in [4.69, 9.17) is 0 Å². The third-order valence-electron chi connectivity index (χ3n) is 4.12. The molecule has 1 fully saturated rings. The van der Waals surface area contributed by atoms with Crippen LogP contribution < -0.4 is 5.32 Å². The van der Waals surface area contributed by atoms with E-state index in [2.05, 4.69) is 12.2 Å². The molecule has 1 aliphatic rings. The van der Waals surface area contributed by atoms with Crippen molar-refractivity contribution in [2.45, 2.75) is 45.6 Å². The van der Waals surface area contributed by atoms with E-state index in [-0.39, 0.29) is 23.1 Å². The van der Waals surface area contributed by atoms with Crippen LogP contribution in [0, 0.1) is 17.0 Å². The molecule has 1 aliphatic carbocycles. The molecule has 0 saturated heterocycles. The van der Waals surface area contributed by atoms with Gasteiger partial charge in [-0.2, -0.15) is 0 Å². The normalized spacial score (nSPS) is 20.0. The minimum absolute atomic E-state index is 0.0324. The summed E-state index contributed by atoms with van der Waals surface area (Å²) in [7, 11) is 0.